The molecule has 1 rings (SSSR count). The molecule has 0 aromatic carbocycles. The zero-order valence-electron chi connectivity index (χ0n) is 7.93. The zero-order valence-corrected chi connectivity index (χ0v) is 7.93. The average molecular weight is 184 g/mol. The van der Waals surface area contributed by atoms with E-state index >= 15 is 0 Å². The van der Waals surface area contributed by atoms with Crippen molar-refractivity contribution in [2.45, 2.75) is 25.8 Å². The summed E-state index contributed by atoms with van der Waals surface area (Å²) in [6.45, 7) is 7.06. The van der Waals surface area contributed by atoms with E-state index in [2.05, 4.69) is 17.2 Å². The van der Waals surface area contributed by atoms with Crippen molar-refractivity contribution in [2.24, 2.45) is 0 Å². The van der Waals surface area contributed by atoms with Gasteiger partial charge in [0.05, 0.1) is 5.76 Å². The third kappa shape index (κ3) is 3.94. The van der Waals surface area contributed by atoms with Crippen LogP contribution in [0.1, 0.15) is 19.8 Å². The number of alkyl carbamates (subject to hydrolysis) is 1. The Hall–Kier alpha value is -1.03. The Balaban J connectivity index is 2.22. The number of nitrogens with one attached hydrogen (secondary N) is 2. The molecule has 0 aromatic rings. The molecule has 1 amide bonds. The van der Waals surface area contributed by atoms with E-state index in [9.17, 15) is 4.79 Å². The van der Waals surface area contributed by atoms with Gasteiger partial charge in [-0.05, 0) is 32.9 Å². The highest BCUT2D eigenvalue weighted by atomic mass is 16.6. The summed E-state index contributed by atoms with van der Waals surface area (Å²) in [6, 6.07) is 0.244. The van der Waals surface area contributed by atoms with Gasteiger partial charge in [-0.15, -0.1) is 0 Å². The third-order valence-corrected chi connectivity index (χ3v) is 1.93. The maximum absolute atomic E-state index is 11.1. The van der Waals surface area contributed by atoms with E-state index < -0.39 is 0 Å². The van der Waals surface area contributed by atoms with Crippen LogP contribution in [-0.4, -0.2) is 25.2 Å². The minimum Gasteiger partial charge on any atom is -0.416 e. The molecule has 0 radical (unpaired) electrons. The van der Waals surface area contributed by atoms with Gasteiger partial charge in [0.15, 0.2) is 0 Å². The molecule has 1 aliphatic heterocycles. The fourth-order valence-electron chi connectivity index (χ4n) is 1.32. The SMILES string of the molecule is C=C(C)OC(=O)NC1CCNCC1. The highest BCUT2D eigenvalue weighted by Gasteiger charge is 2.15. The predicted octanol–water partition coefficient (Wildman–Crippen LogP) is 0.998. The number of ether oxygens (including phenoxy) is 1. The first kappa shape index (κ1) is 10.1. The van der Waals surface area contributed by atoms with Gasteiger partial charge >= 0.3 is 6.09 Å². The molecule has 0 aliphatic carbocycles. The maximum atomic E-state index is 11.1. The molecule has 0 spiro atoms. The first-order chi connectivity index (χ1) is 6.18. The van der Waals surface area contributed by atoms with Crippen LogP contribution in [-0.2, 0) is 4.74 Å². The summed E-state index contributed by atoms with van der Waals surface area (Å²) >= 11 is 0. The summed E-state index contributed by atoms with van der Waals surface area (Å²) in [5, 5.41) is 6.01. The van der Waals surface area contributed by atoms with E-state index in [1.807, 2.05) is 0 Å². The van der Waals surface area contributed by atoms with Crippen molar-refractivity contribution >= 4 is 6.09 Å². The van der Waals surface area contributed by atoms with E-state index in [-0.39, 0.29) is 12.1 Å². The van der Waals surface area contributed by atoms with E-state index in [0.29, 0.717) is 5.76 Å². The van der Waals surface area contributed by atoms with Crippen molar-refractivity contribution in [1.82, 2.24) is 10.6 Å². The first-order valence-electron chi connectivity index (χ1n) is 4.53. The normalized spacial score (nSPS) is 17.9. The fraction of sp³-hybridized carbons (Fsp3) is 0.667. The second-order valence-corrected chi connectivity index (χ2v) is 3.26. The van der Waals surface area contributed by atoms with Gasteiger partial charge in [-0.3, -0.25) is 0 Å². The number of carbonyl (C=O) groups is 1. The molecular weight excluding hydrogens is 168 g/mol. The second kappa shape index (κ2) is 4.87. The van der Waals surface area contributed by atoms with Gasteiger partial charge in [0, 0.05) is 6.04 Å². The Morgan fingerprint density at radius 1 is 1.54 bits per heavy atom. The molecule has 1 fully saturated rings. The highest BCUT2D eigenvalue weighted by molar-refractivity contribution is 5.68. The Kier molecular flexibility index (Phi) is 3.76. The van der Waals surface area contributed by atoms with Crippen LogP contribution >= 0.6 is 0 Å². The van der Waals surface area contributed by atoms with Gasteiger partial charge in [0.1, 0.15) is 0 Å². The second-order valence-electron chi connectivity index (χ2n) is 3.26. The molecule has 1 heterocycles. The summed E-state index contributed by atoms with van der Waals surface area (Å²) in [5.74, 6) is 0.423. The smallest absolute Gasteiger partial charge is 0.412 e. The van der Waals surface area contributed by atoms with Crippen molar-refractivity contribution in [3.63, 3.8) is 0 Å². The quantitative estimate of drug-likeness (QED) is 0.629. The minimum absolute atomic E-state index is 0.244. The highest BCUT2D eigenvalue weighted by Crippen LogP contribution is 2.02. The number of hydrogen-bond acceptors (Lipinski definition) is 3. The van der Waals surface area contributed by atoms with Crippen LogP contribution in [0.3, 0.4) is 0 Å². The molecule has 1 aliphatic rings. The Morgan fingerprint density at radius 2 is 2.15 bits per heavy atom. The molecule has 0 atom stereocenters. The number of hydrogen-bond donors (Lipinski definition) is 2. The number of allylic oxidation sites excluding steroid dienone is 1. The summed E-state index contributed by atoms with van der Waals surface area (Å²) in [4.78, 5) is 11.1. The summed E-state index contributed by atoms with van der Waals surface area (Å²) in [5.41, 5.74) is 0. The van der Waals surface area contributed by atoms with Crippen LogP contribution in [0.25, 0.3) is 0 Å². The molecule has 1 saturated heterocycles. The van der Waals surface area contributed by atoms with Crippen molar-refractivity contribution in [2.75, 3.05) is 13.1 Å². The first-order valence-corrected chi connectivity index (χ1v) is 4.53. The summed E-state index contributed by atoms with van der Waals surface area (Å²) in [6.07, 6.45) is 1.54. The average Bonchev–Trinajstić information content (AvgIpc) is 2.04. The van der Waals surface area contributed by atoms with Gasteiger partial charge in [0.25, 0.3) is 0 Å². The van der Waals surface area contributed by atoms with Gasteiger partial charge < -0.3 is 15.4 Å². The topological polar surface area (TPSA) is 50.4 Å². The fourth-order valence-corrected chi connectivity index (χ4v) is 1.32. The Bertz CT molecular complexity index is 198. The lowest BCUT2D eigenvalue weighted by molar-refractivity contribution is 0.169. The summed E-state index contributed by atoms with van der Waals surface area (Å²) in [7, 11) is 0. The summed E-state index contributed by atoms with van der Waals surface area (Å²) < 4.78 is 4.79. The van der Waals surface area contributed by atoms with Crippen LogP contribution in [0.2, 0.25) is 0 Å². The maximum Gasteiger partial charge on any atom is 0.412 e. The van der Waals surface area contributed by atoms with Crippen molar-refractivity contribution < 1.29 is 9.53 Å². The molecule has 4 nitrogen and oxygen atoms in total. The van der Waals surface area contributed by atoms with E-state index in [4.69, 9.17) is 4.74 Å². The molecule has 4 heteroatoms. The molecule has 0 saturated carbocycles. The number of rotatable bonds is 2. The van der Waals surface area contributed by atoms with Crippen molar-refractivity contribution in [1.29, 1.82) is 0 Å². The molecule has 0 aromatic heterocycles. The van der Waals surface area contributed by atoms with Crippen LogP contribution in [0.5, 0.6) is 0 Å². The predicted molar refractivity (Wildman–Crippen MR) is 50.3 cm³/mol. The van der Waals surface area contributed by atoms with E-state index in [0.717, 1.165) is 25.9 Å². The standard InChI is InChI=1S/C9H16N2O2/c1-7(2)13-9(12)11-8-3-5-10-6-4-8/h8,10H,1,3-6H2,2H3,(H,11,12). The van der Waals surface area contributed by atoms with Crippen molar-refractivity contribution in [3.8, 4) is 0 Å². The molecule has 13 heavy (non-hydrogen) atoms. The minimum atomic E-state index is -0.389. The molecule has 2 N–H and O–H groups in total. The van der Waals surface area contributed by atoms with Crippen LogP contribution in [0, 0.1) is 0 Å². The number of carbonyl (C=O) groups excluding carboxylic acids is 1. The van der Waals surface area contributed by atoms with Gasteiger partial charge in [-0.2, -0.15) is 0 Å². The Morgan fingerprint density at radius 3 is 2.69 bits per heavy atom. The molecule has 0 unspecified atom stereocenters. The Labute approximate surface area is 78.3 Å². The van der Waals surface area contributed by atoms with Crippen molar-refractivity contribution in [3.05, 3.63) is 12.3 Å². The zero-order chi connectivity index (χ0) is 9.68. The van der Waals surface area contributed by atoms with Crippen LogP contribution in [0.15, 0.2) is 12.3 Å². The largest absolute Gasteiger partial charge is 0.416 e. The lowest BCUT2D eigenvalue weighted by Gasteiger charge is -2.23. The van der Waals surface area contributed by atoms with Gasteiger partial charge in [0.2, 0.25) is 0 Å². The van der Waals surface area contributed by atoms with E-state index in [1.165, 1.54) is 0 Å². The molecule has 0 bridgehead atoms. The lowest BCUT2D eigenvalue weighted by Crippen LogP contribution is -2.42. The van der Waals surface area contributed by atoms with Gasteiger partial charge in [-0.1, -0.05) is 6.58 Å². The van der Waals surface area contributed by atoms with E-state index in [1.54, 1.807) is 6.92 Å². The molecular formula is C9H16N2O2. The van der Waals surface area contributed by atoms with Crippen LogP contribution < -0.4 is 10.6 Å². The number of piperidine rings is 1. The monoisotopic (exact) mass is 184 g/mol. The molecule has 74 valence electrons. The third-order valence-electron chi connectivity index (χ3n) is 1.93. The van der Waals surface area contributed by atoms with Gasteiger partial charge in [-0.25, -0.2) is 4.79 Å². The van der Waals surface area contributed by atoms with Crippen LogP contribution in [0.4, 0.5) is 4.79 Å². The number of amides is 1. The lowest BCUT2D eigenvalue weighted by atomic mass is 10.1.